The molecule has 2 aromatic rings. The molecule has 0 saturated carbocycles. The van der Waals surface area contributed by atoms with Crippen LogP contribution in [0.5, 0.6) is 0 Å². The summed E-state index contributed by atoms with van der Waals surface area (Å²) in [5.74, 6) is -0.346. The van der Waals surface area contributed by atoms with E-state index in [2.05, 4.69) is 10.4 Å². The lowest BCUT2D eigenvalue weighted by Crippen LogP contribution is -2.51. The van der Waals surface area contributed by atoms with Gasteiger partial charge < -0.3 is 9.73 Å². The number of hydrazone groups is 1. The van der Waals surface area contributed by atoms with Crippen molar-refractivity contribution in [3.05, 3.63) is 52.8 Å². The van der Waals surface area contributed by atoms with E-state index in [0.29, 0.717) is 10.0 Å². The molecule has 3 rings (SSSR count). The van der Waals surface area contributed by atoms with Crippen molar-refractivity contribution in [1.82, 2.24) is 5.01 Å². The summed E-state index contributed by atoms with van der Waals surface area (Å²) in [6, 6.07) is 8.62. The van der Waals surface area contributed by atoms with Gasteiger partial charge in [-0.1, -0.05) is 24.0 Å². The van der Waals surface area contributed by atoms with E-state index in [4.69, 9.17) is 16.6 Å². The maximum atomic E-state index is 12.2. The summed E-state index contributed by atoms with van der Waals surface area (Å²) in [5.41, 5.74) is 0.295. The highest BCUT2D eigenvalue weighted by Crippen LogP contribution is 2.43. The molecular weight excluding hydrogens is 418 g/mol. The standard InChI is InChI=1S/C17H17N5O5S2/c1-17(2)15(21(24)14-4-3-9-27-14)20(16(28)29-17)18-10-13(23)19-11-5-7-12(8-6-11)22(25)26/h3-10,15,24H,1-2H3,(H,19,23). The van der Waals surface area contributed by atoms with Gasteiger partial charge in [0.2, 0.25) is 5.88 Å². The minimum absolute atomic E-state index is 0.0813. The number of rotatable bonds is 6. The normalized spacial score (nSPS) is 18.2. The third-order valence-electron chi connectivity index (χ3n) is 4.00. The Hall–Kier alpha value is -2.96. The van der Waals surface area contributed by atoms with Crippen LogP contribution in [-0.4, -0.2) is 42.5 Å². The first-order valence-corrected chi connectivity index (χ1v) is 9.55. The molecule has 0 radical (unpaired) electrons. The van der Waals surface area contributed by atoms with Crippen LogP contribution in [0.3, 0.4) is 0 Å². The Bertz CT molecular complexity index is 946. The van der Waals surface area contributed by atoms with Gasteiger partial charge in [-0.15, -0.1) is 0 Å². The molecule has 2 N–H and O–H groups in total. The summed E-state index contributed by atoms with van der Waals surface area (Å²) in [4.78, 5) is 22.4. The van der Waals surface area contributed by atoms with Gasteiger partial charge in [-0.3, -0.25) is 20.1 Å². The number of amides is 1. The van der Waals surface area contributed by atoms with Crippen LogP contribution < -0.4 is 10.4 Å². The molecule has 1 unspecified atom stereocenters. The van der Waals surface area contributed by atoms with Gasteiger partial charge in [0.05, 0.1) is 15.9 Å². The molecular formula is C17H17N5O5S2. The number of nitrogens with zero attached hydrogens (tertiary/aromatic N) is 4. The zero-order chi connectivity index (χ0) is 21.2. The average Bonchev–Trinajstić information content (AvgIpc) is 3.26. The first-order chi connectivity index (χ1) is 13.7. The Morgan fingerprint density at radius 2 is 2.14 bits per heavy atom. The Morgan fingerprint density at radius 1 is 1.45 bits per heavy atom. The van der Waals surface area contributed by atoms with Crippen LogP contribution in [0.4, 0.5) is 17.3 Å². The number of nitrogens with one attached hydrogen (secondary N) is 1. The number of furan rings is 1. The third-order valence-corrected chi connectivity index (χ3v) is 5.54. The van der Waals surface area contributed by atoms with Crippen molar-refractivity contribution >= 4 is 57.7 Å². The summed E-state index contributed by atoms with van der Waals surface area (Å²) in [6.07, 6.45) is 1.74. The molecule has 1 saturated heterocycles. The third kappa shape index (κ3) is 4.55. The molecule has 1 aliphatic heterocycles. The molecule has 1 fully saturated rings. The predicted octanol–water partition coefficient (Wildman–Crippen LogP) is 3.45. The summed E-state index contributed by atoms with van der Waals surface area (Å²) in [7, 11) is 0. The Kier molecular flexibility index (Phi) is 5.86. The zero-order valence-corrected chi connectivity index (χ0v) is 17.0. The van der Waals surface area contributed by atoms with E-state index in [1.54, 1.807) is 12.1 Å². The van der Waals surface area contributed by atoms with Gasteiger partial charge >= 0.3 is 0 Å². The lowest BCUT2D eigenvalue weighted by Gasteiger charge is -2.34. The maximum Gasteiger partial charge on any atom is 0.269 e. The van der Waals surface area contributed by atoms with E-state index in [1.165, 1.54) is 47.3 Å². The van der Waals surface area contributed by atoms with E-state index < -0.39 is 21.7 Å². The van der Waals surface area contributed by atoms with Crippen molar-refractivity contribution in [2.24, 2.45) is 5.10 Å². The van der Waals surface area contributed by atoms with Gasteiger partial charge in [0.15, 0.2) is 10.5 Å². The number of thiocarbonyl (C=S) groups is 1. The van der Waals surface area contributed by atoms with Crippen molar-refractivity contribution in [2.75, 3.05) is 10.4 Å². The number of carbonyl (C=O) groups excluding carboxylic acids is 1. The van der Waals surface area contributed by atoms with Crippen LogP contribution in [0.25, 0.3) is 0 Å². The highest BCUT2D eigenvalue weighted by molar-refractivity contribution is 8.24. The molecule has 1 aliphatic rings. The Labute approximate surface area is 175 Å². The molecule has 1 amide bonds. The minimum atomic E-state index is -0.713. The van der Waals surface area contributed by atoms with Crippen molar-refractivity contribution in [3.63, 3.8) is 0 Å². The topological polar surface area (TPSA) is 124 Å². The van der Waals surface area contributed by atoms with Gasteiger partial charge in [-0.25, -0.2) is 5.01 Å². The second kappa shape index (κ2) is 8.19. The summed E-state index contributed by atoms with van der Waals surface area (Å²) < 4.78 is 5.06. The largest absolute Gasteiger partial charge is 0.447 e. The fourth-order valence-corrected chi connectivity index (χ4v) is 4.49. The van der Waals surface area contributed by atoms with Gasteiger partial charge in [0.25, 0.3) is 11.6 Å². The van der Waals surface area contributed by atoms with E-state index in [1.807, 2.05) is 13.8 Å². The highest BCUT2D eigenvalue weighted by atomic mass is 32.2. The summed E-state index contributed by atoms with van der Waals surface area (Å²) in [5, 5.41) is 30.3. The fourth-order valence-electron chi connectivity index (χ4n) is 2.70. The molecule has 1 aromatic heterocycles. The van der Waals surface area contributed by atoms with Gasteiger partial charge in [0.1, 0.15) is 6.21 Å². The van der Waals surface area contributed by atoms with Crippen LogP contribution >= 0.6 is 24.0 Å². The molecule has 12 heteroatoms. The molecule has 152 valence electrons. The number of hydrogen-bond acceptors (Lipinski definition) is 9. The molecule has 29 heavy (non-hydrogen) atoms. The first-order valence-electron chi connectivity index (χ1n) is 8.32. The van der Waals surface area contributed by atoms with Crippen LogP contribution in [0.15, 0.2) is 52.2 Å². The number of benzene rings is 1. The van der Waals surface area contributed by atoms with Gasteiger partial charge in [-0.2, -0.15) is 10.2 Å². The fraction of sp³-hybridized carbons (Fsp3) is 0.235. The van der Waals surface area contributed by atoms with Crippen molar-refractivity contribution < 1.29 is 19.3 Å². The number of nitro benzene ring substituents is 1. The van der Waals surface area contributed by atoms with E-state index in [-0.39, 0.29) is 11.6 Å². The molecule has 10 nitrogen and oxygen atoms in total. The number of non-ortho nitro benzene ring substituents is 1. The first kappa shape index (κ1) is 20.8. The van der Waals surface area contributed by atoms with Gasteiger partial charge in [-0.05, 0) is 32.0 Å². The maximum absolute atomic E-state index is 12.2. The number of anilines is 2. The summed E-state index contributed by atoms with van der Waals surface area (Å²) >= 11 is 6.68. The van der Waals surface area contributed by atoms with Gasteiger partial charge in [0, 0.05) is 23.9 Å². The Balaban J connectivity index is 1.73. The Morgan fingerprint density at radius 3 is 2.72 bits per heavy atom. The smallest absolute Gasteiger partial charge is 0.269 e. The number of thioether (sulfide) groups is 1. The SMILES string of the molecule is CC1(C)SC(=S)N(N=CC(=O)Nc2ccc([N+](=O)[O-])cc2)C1N(O)c1ccco1. The lowest BCUT2D eigenvalue weighted by molar-refractivity contribution is -0.384. The second-order valence-corrected chi connectivity index (χ2v) is 8.81. The number of hydroxylamine groups is 1. The predicted molar refractivity (Wildman–Crippen MR) is 113 cm³/mol. The van der Waals surface area contributed by atoms with E-state index in [0.717, 1.165) is 11.3 Å². The lowest BCUT2D eigenvalue weighted by atomic mass is 10.1. The van der Waals surface area contributed by atoms with Crippen LogP contribution in [0.1, 0.15) is 13.8 Å². The molecule has 0 spiro atoms. The average molecular weight is 435 g/mol. The zero-order valence-electron chi connectivity index (χ0n) is 15.4. The van der Waals surface area contributed by atoms with Crippen LogP contribution in [0.2, 0.25) is 0 Å². The number of nitro groups is 1. The highest BCUT2D eigenvalue weighted by Gasteiger charge is 2.49. The summed E-state index contributed by atoms with van der Waals surface area (Å²) in [6.45, 7) is 3.76. The minimum Gasteiger partial charge on any atom is -0.447 e. The number of hydrogen-bond donors (Lipinski definition) is 2. The molecule has 1 atom stereocenters. The molecule has 0 bridgehead atoms. The van der Waals surface area contributed by atoms with Crippen molar-refractivity contribution in [3.8, 4) is 0 Å². The second-order valence-electron chi connectivity index (χ2n) is 6.52. The van der Waals surface area contributed by atoms with Crippen molar-refractivity contribution in [1.29, 1.82) is 0 Å². The van der Waals surface area contributed by atoms with E-state index >= 15 is 0 Å². The van der Waals surface area contributed by atoms with Crippen molar-refractivity contribution in [2.45, 2.75) is 24.8 Å². The van der Waals surface area contributed by atoms with Crippen LogP contribution in [-0.2, 0) is 4.79 Å². The molecule has 1 aromatic carbocycles. The van der Waals surface area contributed by atoms with Crippen LogP contribution in [0, 0.1) is 10.1 Å². The van der Waals surface area contributed by atoms with E-state index in [9.17, 15) is 20.1 Å². The quantitative estimate of drug-likeness (QED) is 0.304. The monoisotopic (exact) mass is 435 g/mol. The molecule has 0 aliphatic carbocycles. The number of carbonyl (C=O) groups is 1. The molecule has 2 heterocycles.